The quantitative estimate of drug-likeness (QED) is 0.423. The molecule has 0 aromatic heterocycles. The maximum absolute atomic E-state index is 6.36. The van der Waals surface area contributed by atoms with E-state index in [1.165, 1.54) is 51.4 Å². The highest BCUT2D eigenvalue weighted by Gasteiger charge is 2.41. The van der Waals surface area contributed by atoms with Crippen LogP contribution in [-0.4, -0.2) is 24.8 Å². The summed E-state index contributed by atoms with van der Waals surface area (Å²) in [6.45, 7) is 12.4. The monoisotopic (exact) mass is 295 g/mol. The molecule has 3 unspecified atom stereocenters. The van der Waals surface area contributed by atoms with Crippen LogP contribution in [0.25, 0.3) is 0 Å². The Hall–Kier alpha value is -0.340. The molecular weight excluding hydrogens is 258 g/mol. The lowest BCUT2D eigenvalue weighted by molar-refractivity contribution is -0.102. The van der Waals surface area contributed by atoms with E-state index in [-0.39, 0.29) is 5.60 Å². The first-order valence-corrected chi connectivity index (χ1v) is 9.16. The largest absolute Gasteiger partial charge is 0.374 e. The summed E-state index contributed by atoms with van der Waals surface area (Å²) < 4.78 is 6.36. The van der Waals surface area contributed by atoms with Crippen molar-refractivity contribution in [1.82, 2.24) is 5.32 Å². The molecule has 0 saturated heterocycles. The van der Waals surface area contributed by atoms with Crippen molar-refractivity contribution < 1.29 is 4.74 Å². The molecule has 0 amide bonds. The number of nitrogens with one attached hydrogen (secondary N) is 1. The second kappa shape index (κ2) is 10.4. The lowest BCUT2D eigenvalue weighted by atomic mass is 9.73. The van der Waals surface area contributed by atoms with E-state index in [4.69, 9.17) is 4.74 Å². The Kier molecular flexibility index (Phi) is 9.26. The Bertz CT molecular complexity index is 275. The molecule has 2 heteroatoms. The summed E-state index contributed by atoms with van der Waals surface area (Å²) in [4.78, 5) is 0. The second-order valence-corrected chi connectivity index (χ2v) is 6.74. The van der Waals surface area contributed by atoms with Crippen LogP contribution in [0.5, 0.6) is 0 Å². The van der Waals surface area contributed by atoms with Gasteiger partial charge in [-0.2, -0.15) is 0 Å². The third-order valence-electron chi connectivity index (χ3n) is 4.91. The third-order valence-corrected chi connectivity index (χ3v) is 4.91. The highest BCUT2D eigenvalue weighted by atomic mass is 16.5. The van der Waals surface area contributed by atoms with Crippen molar-refractivity contribution >= 4 is 0 Å². The average molecular weight is 296 g/mol. The zero-order chi connectivity index (χ0) is 15.6. The number of rotatable bonds is 11. The Morgan fingerprint density at radius 2 is 2.14 bits per heavy atom. The van der Waals surface area contributed by atoms with Crippen LogP contribution in [0.15, 0.2) is 12.7 Å². The fraction of sp³-hybridized carbons (Fsp3) is 0.895. The SMILES string of the molecule is C=CCCCCCC(NCC)C1(OCC)CCCC(C)C1. The molecule has 0 heterocycles. The highest BCUT2D eigenvalue weighted by molar-refractivity contribution is 4.97. The van der Waals surface area contributed by atoms with Gasteiger partial charge in [-0.3, -0.25) is 0 Å². The van der Waals surface area contributed by atoms with E-state index in [0.29, 0.717) is 6.04 Å². The average Bonchev–Trinajstić information content (AvgIpc) is 2.46. The Balaban J connectivity index is 2.61. The van der Waals surface area contributed by atoms with Crippen molar-refractivity contribution in [3.8, 4) is 0 Å². The maximum Gasteiger partial charge on any atom is 0.0837 e. The summed E-state index contributed by atoms with van der Waals surface area (Å²) in [7, 11) is 0. The molecule has 1 aliphatic carbocycles. The molecule has 0 aromatic carbocycles. The predicted octanol–water partition coefficient (Wildman–Crippen LogP) is 5.09. The first-order chi connectivity index (χ1) is 10.2. The topological polar surface area (TPSA) is 21.3 Å². The molecule has 0 aliphatic heterocycles. The smallest absolute Gasteiger partial charge is 0.0837 e. The molecule has 0 radical (unpaired) electrons. The number of ether oxygens (including phenoxy) is 1. The molecule has 21 heavy (non-hydrogen) atoms. The standard InChI is InChI=1S/C19H37NO/c1-5-8-9-10-11-14-18(20-6-2)19(21-7-3)15-12-13-17(4)16-19/h5,17-18,20H,1,6-16H2,2-4H3. The molecule has 1 saturated carbocycles. The molecule has 124 valence electrons. The summed E-state index contributed by atoms with van der Waals surface area (Å²) in [6.07, 6.45) is 13.5. The van der Waals surface area contributed by atoms with E-state index in [1.807, 2.05) is 6.08 Å². The first kappa shape index (κ1) is 18.7. The summed E-state index contributed by atoms with van der Waals surface area (Å²) >= 11 is 0. The Labute approximate surface area is 132 Å². The van der Waals surface area contributed by atoms with Gasteiger partial charge >= 0.3 is 0 Å². The van der Waals surface area contributed by atoms with Gasteiger partial charge in [-0.25, -0.2) is 0 Å². The van der Waals surface area contributed by atoms with Gasteiger partial charge in [0.15, 0.2) is 0 Å². The van der Waals surface area contributed by atoms with Gasteiger partial charge in [-0.15, -0.1) is 6.58 Å². The Morgan fingerprint density at radius 3 is 2.76 bits per heavy atom. The lowest BCUT2D eigenvalue weighted by Gasteiger charge is -2.46. The normalized spacial score (nSPS) is 27.5. The van der Waals surface area contributed by atoms with Crippen molar-refractivity contribution in [3.05, 3.63) is 12.7 Å². The molecule has 0 spiro atoms. The third kappa shape index (κ3) is 6.12. The van der Waals surface area contributed by atoms with E-state index in [1.54, 1.807) is 0 Å². The van der Waals surface area contributed by atoms with Crippen molar-refractivity contribution in [2.45, 2.75) is 90.2 Å². The summed E-state index contributed by atoms with van der Waals surface area (Å²) in [5, 5.41) is 3.74. The minimum atomic E-state index is 0.0842. The van der Waals surface area contributed by atoms with Crippen LogP contribution in [0.2, 0.25) is 0 Å². The molecule has 1 N–H and O–H groups in total. The van der Waals surface area contributed by atoms with E-state index < -0.39 is 0 Å². The van der Waals surface area contributed by atoms with E-state index in [9.17, 15) is 0 Å². The van der Waals surface area contributed by atoms with Gasteiger partial charge in [0.2, 0.25) is 0 Å². The van der Waals surface area contributed by atoms with E-state index in [2.05, 4.69) is 32.7 Å². The van der Waals surface area contributed by atoms with Crippen LogP contribution in [-0.2, 0) is 4.74 Å². The molecular formula is C19H37NO. The molecule has 0 bridgehead atoms. The van der Waals surface area contributed by atoms with Crippen molar-refractivity contribution in [2.75, 3.05) is 13.2 Å². The number of likely N-dealkylation sites (N-methyl/N-ethyl adjacent to an activating group) is 1. The number of hydrogen-bond donors (Lipinski definition) is 1. The van der Waals surface area contributed by atoms with Gasteiger partial charge in [-0.05, 0) is 51.5 Å². The second-order valence-electron chi connectivity index (χ2n) is 6.74. The molecule has 3 atom stereocenters. The van der Waals surface area contributed by atoms with Crippen LogP contribution in [0.3, 0.4) is 0 Å². The van der Waals surface area contributed by atoms with Crippen molar-refractivity contribution in [3.63, 3.8) is 0 Å². The van der Waals surface area contributed by atoms with Gasteiger partial charge in [0.05, 0.1) is 5.60 Å². The van der Waals surface area contributed by atoms with Gasteiger partial charge in [0.1, 0.15) is 0 Å². The maximum atomic E-state index is 6.36. The van der Waals surface area contributed by atoms with Gasteiger partial charge in [-0.1, -0.05) is 45.6 Å². The van der Waals surface area contributed by atoms with Crippen molar-refractivity contribution in [2.24, 2.45) is 5.92 Å². The molecule has 2 nitrogen and oxygen atoms in total. The highest BCUT2D eigenvalue weighted by Crippen LogP contribution is 2.39. The van der Waals surface area contributed by atoms with Crippen LogP contribution < -0.4 is 5.32 Å². The minimum absolute atomic E-state index is 0.0842. The van der Waals surface area contributed by atoms with E-state index in [0.717, 1.165) is 25.5 Å². The molecule has 1 rings (SSSR count). The molecule has 1 aliphatic rings. The zero-order valence-electron chi connectivity index (χ0n) is 14.6. The number of allylic oxidation sites excluding steroid dienone is 1. The number of unbranched alkanes of at least 4 members (excludes halogenated alkanes) is 3. The van der Waals surface area contributed by atoms with Crippen molar-refractivity contribution in [1.29, 1.82) is 0 Å². The Morgan fingerprint density at radius 1 is 1.33 bits per heavy atom. The summed E-state index contributed by atoms with van der Waals surface area (Å²) in [5.74, 6) is 0.798. The lowest BCUT2D eigenvalue weighted by Crippen LogP contribution is -2.54. The van der Waals surface area contributed by atoms with Gasteiger partial charge in [0, 0.05) is 12.6 Å². The molecule has 0 aromatic rings. The first-order valence-electron chi connectivity index (χ1n) is 9.16. The minimum Gasteiger partial charge on any atom is -0.374 e. The van der Waals surface area contributed by atoms with Crippen LogP contribution >= 0.6 is 0 Å². The molecule has 1 fully saturated rings. The fourth-order valence-electron chi connectivity index (χ4n) is 3.99. The number of hydrogen-bond acceptors (Lipinski definition) is 2. The summed E-state index contributed by atoms with van der Waals surface area (Å²) in [5.41, 5.74) is 0.0842. The van der Waals surface area contributed by atoms with Gasteiger partial charge < -0.3 is 10.1 Å². The van der Waals surface area contributed by atoms with Gasteiger partial charge in [0.25, 0.3) is 0 Å². The summed E-state index contributed by atoms with van der Waals surface area (Å²) in [6, 6.07) is 0.522. The van der Waals surface area contributed by atoms with E-state index >= 15 is 0 Å². The van der Waals surface area contributed by atoms with Crippen LogP contribution in [0, 0.1) is 5.92 Å². The van der Waals surface area contributed by atoms with Crippen LogP contribution in [0.4, 0.5) is 0 Å². The zero-order valence-corrected chi connectivity index (χ0v) is 14.6. The predicted molar refractivity (Wildman–Crippen MR) is 92.7 cm³/mol. The van der Waals surface area contributed by atoms with Crippen LogP contribution in [0.1, 0.15) is 78.6 Å². The fourth-order valence-corrected chi connectivity index (χ4v) is 3.99.